The van der Waals surface area contributed by atoms with Crippen LogP contribution in [0.3, 0.4) is 0 Å². The van der Waals surface area contributed by atoms with E-state index >= 15 is 0 Å². The van der Waals surface area contributed by atoms with E-state index in [9.17, 15) is 5.11 Å². The van der Waals surface area contributed by atoms with E-state index in [1.807, 2.05) is 0 Å². The minimum absolute atomic E-state index is 0.302. The molecule has 0 aliphatic heterocycles. The van der Waals surface area contributed by atoms with Crippen LogP contribution in [0.1, 0.15) is 25.3 Å². The van der Waals surface area contributed by atoms with Gasteiger partial charge in [0, 0.05) is 5.39 Å². The standard InChI is InChI=1S/C12H14O2/c1-2-3-4-9-8-14-12-6-5-10(13)7-11(9)12/h5-8,13H,2-4H2,1H3. The molecule has 1 aromatic heterocycles. The maximum atomic E-state index is 9.36. The molecule has 0 bridgehead atoms. The predicted molar refractivity (Wildman–Crippen MR) is 56.5 cm³/mol. The highest BCUT2D eigenvalue weighted by atomic mass is 16.3. The lowest BCUT2D eigenvalue weighted by molar-refractivity contribution is 0.476. The third kappa shape index (κ3) is 1.60. The van der Waals surface area contributed by atoms with Crippen molar-refractivity contribution in [3.05, 3.63) is 30.0 Å². The number of hydrogen-bond acceptors (Lipinski definition) is 2. The average Bonchev–Trinajstić information content (AvgIpc) is 2.57. The fourth-order valence-corrected chi connectivity index (χ4v) is 1.63. The first-order valence-corrected chi connectivity index (χ1v) is 5.00. The van der Waals surface area contributed by atoms with E-state index in [1.165, 1.54) is 12.0 Å². The van der Waals surface area contributed by atoms with E-state index in [0.29, 0.717) is 5.75 Å². The summed E-state index contributed by atoms with van der Waals surface area (Å²) in [6, 6.07) is 5.22. The number of aromatic hydroxyl groups is 1. The van der Waals surface area contributed by atoms with Gasteiger partial charge >= 0.3 is 0 Å². The second-order valence-electron chi connectivity index (χ2n) is 3.54. The zero-order valence-corrected chi connectivity index (χ0v) is 8.29. The van der Waals surface area contributed by atoms with Crippen molar-refractivity contribution in [2.75, 3.05) is 0 Å². The first-order chi connectivity index (χ1) is 6.81. The van der Waals surface area contributed by atoms with Gasteiger partial charge in [-0.2, -0.15) is 0 Å². The first-order valence-electron chi connectivity index (χ1n) is 5.00. The zero-order valence-electron chi connectivity index (χ0n) is 8.29. The van der Waals surface area contributed by atoms with Crippen LogP contribution in [0, 0.1) is 0 Å². The van der Waals surface area contributed by atoms with Gasteiger partial charge in [0.15, 0.2) is 0 Å². The maximum absolute atomic E-state index is 9.36. The summed E-state index contributed by atoms with van der Waals surface area (Å²) in [4.78, 5) is 0. The minimum atomic E-state index is 0.302. The van der Waals surface area contributed by atoms with Crippen LogP contribution in [0.4, 0.5) is 0 Å². The van der Waals surface area contributed by atoms with Gasteiger partial charge in [0.2, 0.25) is 0 Å². The number of benzene rings is 1. The van der Waals surface area contributed by atoms with Gasteiger partial charge in [0.25, 0.3) is 0 Å². The fourth-order valence-electron chi connectivity index (χ4n) is 1.63. The van der Waals surface area contributed by atoms with Crippen LogP contribution >= 0.6 is 0 Å². The number of hydrogen-bond donors (Lipinski definition) is 1. The molecule has 0 aliphatic rings. The van der Waals surface area contributed by atoms with Gasteiger partial charge in [-0.25, -0.2) is 0 Å². The van der Waals surface area contributed by atoms with Gasteiger partial charge in [-0.05, 0) is 36.6 Å². The third-order valence-corrected chi connectivity index (χ3v) is 2.44. The number of phenols is 1. The Morgan fingerprint density at radius 1 is 1.36 bits per heavy atom. The molecule has 0 atom stereocenters. The van der Waals surface area contributed by atoms with E-state index < -0.39 is 0 Å². The SMILES string of the molecule is CCCCc1coc2ccc(O)cc12. The maximum Gasteiger partial charge on any atom is 0.134 e. The Kier molecular flexibility index (Phi) is 2.44. The van der Waals surface area contributed by atoms with E-state index in [1.54, 1.807) is 24.5 Å². The summed E-state index contributed by atoms with van der Waals surface area (Å²) < 4.78 is 5.39. The number of fused-ring (bicyclic) bond motifs is 1. The molecule has 0 radical (unpaired) electrons. The zero-order chi connectivity index (χ0) is 9.97. The summed E-state index contributed by atoms with van der Waals surface area (Å²) in [5.74, 6) is 0.302. The van der Waals surface area contributed by atoms with Crippen LogP contribution < -0.4 is 0 Å². The van der Waals surface area contributed by atoms with Crippen molar-refractivity contribution in [3.63, 3.8) is 0 Å². The number of phenolic OH excluding ortho intramolecular Hbond substituents is 1. The molecule has 0 amide bonds. The molecule has 2 heteroatoms. The van der Waals surface area contributed by atoms with Gasteiger partial charge in [-0.1, -0.05) is 13.3 Å². The molecule has 0 fully saturated rings. The van der Waals surface area contributed by atoms with Crippen LogP contribution in [-0.2, 0) is 6.42 Å². The van der Waals surface area contributed by atoms with Crippen LogP contribution in [0.25, 0.3) is 11.0 Å². The predicted octanol–water partition coefficient (Wildman–Crippen LogP) is 3.48. The van der Waals surface area contributed by atoms with Crippen molar-refractivity contribution in [1.29, 1.82) is 0 Å². The smallest absolute Gasteiger partial charge is 0.134 e. The first kappa shape index (κ1) is 9.13. The van der Waals surface area contributed by atoms with Crippen molar-refractivity contribution >= 4 is 11.0 Å². The minimum Gasteiger partial charge on any atom is -0.508 e. The summed E-state index contributed by atoms with van der Waals surface area (Å²) in [6.45, 7) is 2.17. The second kappa shape index (κ2) is 3.74. The monoisotopic (exact) mass is 190 g/mol. The Balaban J connectivity index is 2.40. The highest BCUT2D eigenvalue weighted by molar-refractivity contribution is 5.82. The lowest BCUT2D eigenvalue weighted by Gasteiger charge is -1.96. The lowest BCUT2D eigenvalue weighted by atomic mass is 10.1. The molecule has 74 valence electrons. The summed E-state index contributed by atoms with van der Waals surface area (Å²) in [5, 5.41) is 10.4. The molecule has 0 saturated carbocycles. The van der Waals surface area contributed by atoms with Crippen LogP contribution in [-0.4, -0.2) is 5.11 Å². The molecule has 0 spiro atoms. The van der Waals surface area contributed by atoms with Crippen LogP contribution in [0.5, 0.6) is 5.75 Å². The Hall–Kier alpha value is -1.44. The molecule has 0 saturated heterocycles. The molecular weight excluding hydrogens is 176 g/mol. The van der Waals surface area contributed by atoms with Crippen molar-refractivity contribution in [2.24, 2.45) is 0 Å². The van der Waals surface area contributed by atoms with Gasteiger partial charge < -0.3 is 9.52 Å². The summed E-state index contributed by atoms with van der Waals surface area (Å²) >= 11 is 0. The van der Waals surface area contributed by atoms with Crippen molar-refractivity contribution in [1.82, 2.24) is 0 Å². The lowest BCUT2D eigenvalue weighted by Crippen LogP contribution is -1.81. The third-order valence-electron chi connectivity index (χ3n) is 2.44. The molecule has 1 heterocycles. The number of aryl methyl sites for hydroxylation is 1. The normalized spacial score (nSPS) is 10.9. The van der Waals surface area contributed by atoms with E-state index in [-0.39, 0.29) is 0 Å². The van der Waals surface area contributed by atoms with Crippen molar-refractivity contribution in [2.45, 2.75) is 26.2 Å². The van der Waals surface area contributed by atoms with Gasteiger partial charge in [-0.3, -0.25) is 0 Å². The summed E-state index contributed by atoms with van der Waals surface area (Å²) in [7, 11) is 0. The molecule has 2 aromatic rings. The average molecular weight is 190 g/mol. The van der Waals surface area contributed by atoms with E-state index in [2.05, 4.69) is 6.92 Å². The van der Waals surface area contributed by atoms with Gasteiger partial charge in [0.1, 0.15) is 11.3 Å². The van der Waals surface area contributed by atoms with Crippen LogP contribution in [0.2, 0.25) is 0 Å². The van der Waals surface area contributed by atoms with E-state index in [0.717, 1.165) is 23.8 Å². The molecule has 1 aromatic carbocycles. The van der Waals surface area contributed by atoms with Crippen molar-refractivity contribution in [3.8, 4) is 5.75 Å². The molecule has 0 unspecified atom stereocenters. The Morgan fingerprint density at radius 2 is 2.21 bits per heavy atom. The highest BCUT2D eigenvalue weighted by Crippen LogP contribution is 2.26. The Labute approximate surface area is 83.2 Å². The quantitative estimate of drug-likeness (QED) is 0.803. The molecule has 2 rings (SSSR count). The Morgan fingerprint density at radius 3 is 3.00 bits per heavy atom. The van der Waals surface area contributed by atoms with Gasteiger partial charge in [-0.15, -0.1) is 0 Å². The molecule has 1 N–H and O–H groups in total. The highest BCUT2D eigenvalue weighted by Gasteiger charge is 2.05. The molecular formula is C12H14O2. The van der Waals surface area contributed by atoms with Crippen molar-refractivity contribution < 1.29 is 9.52 Å². The molecule has 2 nitrogen and oxygen atoms in total. The van der Waals surface area contributed by atoms with E-state index in [4.69, 9.17) is 4.42 Å². The fraction of sp³-hybridized carbons (Fsp3) is 0.333. The van der Waals surface area contributed by atoms with Crippen LogP contribution in [0.15, 0.2) is 28.9 Å². The molecule has 14 heavy (non-hydrogen) atoms. The summed E-state index contributed by atoms with van der Waals surface area (Å²) in [5.41, 5.74) is 2.05. The Bertz CT molecular complexity index is 429. The number of rotatable bonds is 3. The second-order valence-corrected chi connectivity index (χ2v) is 3.54. The largest absolute Gasteiger partial charge is 0.508 e. The summed E-state index contributed by atoms with van der Waals surface area (Å²) in [6.07, 6.45) is 5.14. The van der Waals surface area contributed by atoms with Gasteiger partial charge in [0.05, 0.1) is 6.26 Å². The number of unbranched alkanes of at least 4 members (excludes halogenated alkanes) is 1. The molecule has 0 aliphatic carbocycles. The topological polar surface area (TPSA) is 33.4 Å². The number of furan rings is 1.